The van der Waals surface area contributed by atoms with E-state index in [0.29, 0.717) is 12.4 Å². The number of nitro benzene ring substituents is 1. The van der Waals surface area contributed by atoms with Crippen LogP contribution in [0.1, 0.15) is 13.3 Å². The van der Waals surface area contributed by atoms with E-state index in [9.17, 15) is 10.1 Å². The van der Waals surface area contributed by atoms with Crippen LogP contribution in [0.2, 0.25) is 0 Å². The molecule has 0 saturated carbocycles. The third-order valence-corrected chi connectivity index (χ3v) is 3.04. The Bertz CT molecular complexity index is 445. The van der Waals surface area contributed by atoms with Crippen LogP contribution < -0.4 is 15.0 Å². The smallest absolute Gasteiger partial charge is 0.275 e. The van der Waals surface area contributed by atoms with Crippen molar-refractivity contribution in [1.29, 1.82) is 0 Å². The Kier molecular flexibility index (Phi) is 4.57. The molecule has 6 heteroatoms. The summed E-state index contributed by atoms with van der Waals surface area (Å²) in [6.45, 7) is 6.08. The Morgan fingerprint density at radius 1 is 1.37 bits per heavy atom. The van der Waals surface area contributed by atoms with Crippen molar-refractivity contribution in [2.45, 2.75) is 13.3 Å². The molecule has 104 valence electrons. The summed E-state index contributed by atoms with van der Waals surface area (Å²) in [5, 5.41) is 14.2. The summed E-state index contributed by atoms with van der Waals surface area (Å²) in [7, 11) is 0. The van der Waals surface area contributed by atoms with Gasteiger partial charge in [-0.1, -0.05) is 6.92 Å². The highest BCUT2D eigenvalue weighted by Gasteiger charge is 2.16. The van der Waals surface area contributed by atoms with Gasteiger partial charge in [0.15, 0.2) is 0 Å². The molecule has 1 aromatic rings. The number of non-ortho nitro benzene ring substituents is 1. The largest absolute Gasteiger partial charge is 0.493 e. The van der Waals surface area contributed by atoms with E-state index in [0.717, 1.165) is 38.3 Å². The summed E-state index contributed by atoms with van der Waals surface area (Å²) >= 11 is 0. The molecule has 0 atom stereocenters. The molecule has 0 amide bonds. The molecule has 6 nitrogen and oxygen atoms in total. The fourth-order valence-corrected chi connectivity index (χ4v) is 2.08. The highest BCUT2D eigenvalue weighted by atomic mass is 16.6. The predicted molar refractivity (Wildman–Crippen MR) is 74.0 cm³/mol. The molecule has 2 rings (SSSR count). The molecule has 1 aliphatic heterocycles. The third-order valence-electron chi connectivity index (χ3n) is 3.04. The summed E-state index contributed by atoms with van der Waals surface area (Å²) < 4.78 is 5.53. The zero-order chi connectivity index (χ0) is 13.7. The van der Waals surface area contributed by atoms with Crippen molar-refractivity contribution in [2.24, 2.45) is 0 Å². The Balaban J connectivity index is 2.24. The zero-order valence-corrected chi connectivity index (χ0v) is 11.1. The van der Waals surface area contributed by atoms with Crippen molar-refractivity contribution >= 4 is 11.4 Å². The molecular weight excluding hydrogens is 246 g/mol. The number of nitro groups is 1. The number of piperazine rings is 1. The number of nitrogens with one attached hydrogen (secondary N) is 1. The molecule has 1 N–H and O–H groups in total. The van der Waals surface area contributed by atoms with Crippen molar-refractivity contribution in [3.63, 3.8) is 0 Å². The van der Waals surface area contributed by atoms with Gasteiger partial charge in [0.2, 0.25) is 0 Å². The van der Waals surface area contributed by atoms with Crippen LogP contribution in [-0.4, -0.2) is 37.7 Å². The van der Waals surface area contributed by atoms with Crippen LogP contribution in [0, 0.1) is 10.1 Å². The standard InChI is InChI=1S/C13H19N3O3/c1-2-7-19-13-9-11(8-12(10-13)16(17)18)15-5-3-14-4-6-15/h8-10,14H,2-7H2,1H3. The Morgan fingerprint density at radius 2 is 2.11 bits per heavy atom. The molecule has 1 fully saturated rings. The average Bonchev–Trinajstić information content (AvgIpc) is 2.45. The molecule has 0 unspecified atom stereocenters. The first-order valence-corrected chi connectivity index (χ1v) is 6.58. The van der Waals surface area contributed by atoms with Crippen LogP contribution in [0.5, 0.6) is 5.75 Å². The maximum Gasteiger partial charge on any atom is 0.275 e. The molecule has 1 aliphatic rings. The van der Waals surface area contributed by atoms with Gasteiger partial charge in [-0.25, -0.2) is 0 Å². The first-order chi connectivity index (χ1) is 9.20. The highest BCUT2D eigenvalue weighted by Crippen LogP contribution is 2.28. The minimum atomic E-state index is -0.371. The zero-order valence-electron chi connectivity index (χ0n) is 11.1. The lowest BCUT2D eigenvalue weighted by molar-refractivity contribution is -0.384. The van der Waals surface area contributed by atoms with Gasteiger partial charge >= 0.3 is 0 Å². The van der Waals surface area contributed by atoms with Crippen LogP contribution in [-0.2, 0) is 0 Å². The fraction of sp³-hybridized carbons (Fsp3) is 0.538. The van der Waals surface area contributed by atoms with Crippen LogP contribution in [0.3, 0.4) is 0 Å². The summed E-state index contributed by atoms with van der Waals surface area (Å²) in [5.74, 6) is 0.574. The maximum atomic E-state index is 11.0. The predicted octanol–water partition coefficient (Wildman–Crippen LogP) is 1.79. The van der Waals surface area contributed by atoms with Gasteiger partial charge in [0.1, 0.15) is 5.75 Å². The van der Waals surface area contributed by atoms with E-state index < -0.39 is 0 Å². The highest BCUT2D eigenvalue weighted by molar-refractivity contribution is 5.58. The van der Waals surface area contributed by atoms with Gasteiger partial charge in [-0.3, -0.25) is 10.1 Å². The molecule has 0 aromatic heterocycles. The molecule has 0 aliphatic carbocycles. The normalized spacial score (nSPS) is 15.3. The first kappa shape index (κ1) is 13.6. The van der Waals surface area contributed by atoms with Gasteiger partial charge < -0.3 is 15.0 Å². The minimum Gasteiger partial charge on any atom is -0.493 e. The number of nitrogens with zero attached hydrogens (tertiary/aromatic N) is 2. The molecule has 1 saturated heterocycles. The number of hydrogen-bond acceptors (Lipinski definition) is 5. The number of anilines is 1. The lowest BCUT2D eigenvalue weighted by atomic mass is 10.2. The lowest BCUT2D eigenvalue weighted by Crippen LogP contribution is -2.43. The van der Waals surface area contributed by atoms with Crippen molar-refractivity contribution in [3.05, 3.63) is 28.3 Å². The third kappa shape index (κ3) is 3.57. The van der Waals surface area contributed by atoms with Crippen LogP contribution in [0.25, 0.3) is 0 Å². The molecule has 0 bridgehead atoms. The van der Waals surface area contributed by atoms with Crippen molar-refractivity contribution in [3.8, 4) is 5.75 Å². The number of benzene rings is 1. The molecular formula is C13H19N3O3. The number of hydrogen-bond donors (Lipinski definition) is 1. The average molecular weight is 265 g/mol. The Labute approximate surface area is 112 Å². The van der Waals surface area contributed by atoms with Gasteiger partial charge in [0.25, 0.3) is 5.69 Å². The monoisotopic (exact) mass is 265 g/mol. The summed E-state index contributed by atoms with van der Waals surface area (Å²) in [5.41, 5.74) is 0.948. The SMILES string of the molecule is CCCOc1cc(N2CCNCC2)cc([N+](=O)[O-])c1. The second kappa shape index (κ2) is 6.38. The van der Waals surface area contributed by atoms with E-state index in [1.54, 1.807) is 6.07 Å². The summed E-state index contributed by atoms with van der Waals surface area (Å²) in [6, 6.07) is 4.99. The Morgan fingerprint density at radius 3 is 2.74 bits per heavy atom. The summed E-state index contributed by atoms with van der Waals surface area (Å²) in [6.07, 6.45) is 0.881. The molecule has 0 spiro atoms. The van der Waals surface area contributed by atoms with Crippen LogP contribution in [0.4, 0.5) is 11.4 Å². The van der Waals surface area contributed by atoms with E-state index in [-0.39, 0.29) is 10.6 Å². The van der Waals surface area contributed by atoms with Crippen molar-refractivity contribution < 1.29 is 9.66 Å². The topological polar surface area (TPSA) is 67.6 Å². The molecule has 1 heterocycles. The van der Waals surface area contributed by atoms with Gasteiger partial charge in [-0.2, -0.15) is 0 Å². The van der Waals surface area contributed by atoms with Gasteiger partial charge in [-0.15, -0.1) is 0 Å². The second-order valence-electron chi connectivity index (χ2n) is 4.53. The molecule has 1 aromatic carbocycles. The molecule has 0 radical (unpaired) electrons. The van der Waals surface area contributed by atoms with E-state index >= 15 is 0 Å². The van der Waals surface area contributed by atoms with E-state index in [1.165, 1.54) is 6.07 Å². The molecule has 19 heavy (non-hydrogen) atoms. The van der Waals surface area contributed by atoms with Gasteiger partial charge in [-0.05, 0) is 6.42 Å². The Hall–Kier alpha value is -1.82. The number of ether oxygens (including phenoxy) is 1. The second-order valence-corrected chi connectivity index (χ2v) is 4.53. The van der Waals surface area contributed by atoms with E-state index in [1.807, 2.05) is 13.0 Å². The quantitative estimate of drug-likeness (QED) is 0.649. The van der Waals surface area contributed by atoms with Crippen molar-refractivity contribution in [1.82, 2.24) is 5.32 Å². The maximum absolute atomic E-state index is 11.0. The first-order valence-electron chi connectivity index (χ1n) is 6.58. The fourth-order valence-electron chi connectivity index (χ4n) is 2.08. The van der Waals surface area contributed by atoms with Crippen LogP contribution >= 0.6 is 0 Å². The lowest BCUT2D eigenvalue weighted by Gasteiger charge is -2.29. The van der Waals surface area contributed by atoms with Crippen LogP contribution in [0.15, 0.2) is 18.2 Å². The summed E-state index contributed by atoms with van der Waals surface area (Å²) in [4.78, 5) is 12.8. The van der Waals surface area contributed by atoms with Gasteiger partial charge in [0, 0.05) is 44.0 Å². The van der Waals surface area contributed by atoms with E-state index in [4.69, 9.17) is 4.74 Å². The van der Waals surface area contributed by atoms with Gasteiger partial charge in [0.05, 0.1) is 17.6 Å². The minimum absolute atomic E-state index is 0.0853. The number of rotatable bonds is 5. The van der Waals surface area contributed by atoms with E-state index in [2.05, 4.69) is 10.2 Å². The van der Waals surface area contributed by atoms with Crippen molar-refractivity contribution in [2.75, 3.05) is 37.7 Å².